The molecule has 0 heterocycles. The highest BCUT2D eigenvalue weighted by atomic mass is 35.5. The Hall–Kier alpha value is -1.28. The normalized spacial score (nSPS) is 21.6. The molecule has 0 radical (unpaired) electrons. The van der Waals surface area contributed by atoms with Crippen LogP contribution in [0.2, 0.25) is 0 Å². The number of halogens is 1. The summed E-state index contributed by atoms with van der Waals surface area (Å²) < 4.78 is 4.64. The highest BCUT2D eigenvalue weighted by Gasteiger charge is 2.22. The van der Waals surface area contributed by atoms with Gasteiger partial charge in [0.1, 0.15) is 0 Å². The minimum Gasteiger partial charge on any atom is -0.466 e. The molecule has 1 atom stereocenters. The van der Waals surface area contributed by atoms with Crippen LogP contribution < -0.4 is 0 Å². The van der Waals surface area contributed by atoms with Crippen LogP contribution >= 0.6 is 11.6 Å². The predicted molar refractivity (Wildman–Crippen MR) is 64.4 cm³/mol. The summed E-state index contributed by atoms with van der Waals surface area (Å²) in [6, 6.07) is 8.03. The van der Waals surface area contributed by atoms with Crippen molar-refractivity contribution < 1.29 is 9.53 Å². The van der Waals surface area contributed by atoms with E-state index in [1.54, 1.807) is 0 Å². The molecule has 0 saturated heterocycles. The van der Waals surface area contributed by atoms with Gasteiger partial charge in [0.25, 0.3) is 0 Å². The first-order chi connectivity index (χ1) is 7.72. The summed E-state index contributed by atoms with van der Waals surface area (Å²) in [4.78, 5) is 11.3. The third-order valence-corrected chi connectivity index (χ3v) is 3.26. The third-order valence-electron chi connectivity index (χ3n) is 2.81. The number of allylic oxidation sites excluding steroid dienone is 1. The lowest BCUT2D eigenvalue weighted by atomic mass is 9.87. The Balaban J connectivity index is 2.44. The Kier molecular flexibility index (Phi) is 3.30. The summed E-state index contributed by atoms with van der Waals surface area (Å²) in [5.74, 6) is -0.350. The molecule has 0 amide bonds. The van der Waals surface area contributed by atoms with Gasteiger partial charge in [-0.3, -0.25) is 0 Å². The Morgan fingerprint density at radius 1 is 1.50 bits per heavy atom. The molecule has 1 aliphatic carbocycles. The summed E-state index contributed by atoms with van der Waals surface area (Å²) in [6.07, 6.45) is 3.32. The summed E-state index contributed by atoms with van der Waals surface area (Å²) in [6.45, 7) is 0. The Labute approximate surface area is 99.9 Å². The number of hydrogen-bond donors (Lipinski definition) is 0. The van der Waals surface area contributed by atoms with Crippen LogP contribution in [0.4, 0.5) is 0 Å². The maximum absolute atomic E-state index is 11.3. The first-order valence-electron chi connectivity index (χ1n) is 5.24. The number of benzene rings is 1. The number of rotatable bonds is 1. The fraction of sp³-hybridized carbons (Fsp3) is 0.308. The van der Waals surface area contributed by atoms with Crippen molar-refractivity contribution in [3.05, 3.63) is 41.5 Å². The van der Waals surface area contributed by atoms with Gasteiger partial charge < -0.3 is 4.74 Å². The zero-order valence-electron chi connectivity index (χ0n) is 9.07. The zero-order valence-corrected chi connectivity index (χ0v) is 9.83. The van der Waals surface area contributed by atoms with Gasteiger partial charge in [0, 0.05) is 6.08 Å². The standard InChI is InChI=1S/C13H13ClO2/c1-16-13(15)8-11-10-5-3-2-4-9(10)6-7-12(11)14/h2-5,8,12H,6-7H2,1H3/b11-8-. The molecule has 0 aliphatic heterocycles. The van der Waals surface area contributed by atoms with E-state index >= 15 is 0 Å². The van der Waals surface area contributed by atoms with Crippen molar-refractivity contribution in [3.8, 4) is 0 Å². The summed E-state index contributed by atoms with van der Waals surface area (Å²) in [5, 5.41) is -0.103. The number of aryl methyl sites for hydroxylation is 1. The second kappa shape index (κ2) is 4.71. The van der Waals surface area contributed by atoms with Gasteiger partial charge in [0.15, 0.2) is 0 Å². The van der Waals surface area contributed by atoms with E-state index in [0.717, 1.165) is 24.0 Å². The first-order valence-corrected chi connectivity index (χ1v) is 5.68. The van der Waals surface area contributed by atoms with E-state index in [-0.39, 0.29) is 11.3 Å². The van der Waals surface area contributed by atoms with Crippen molar-refractivity contribution in [2.75, 3.05) is 7.11 Å². The quantitative estimate of drug-likeness (QED) is 0.426. The second-order valence-corrected chi connectivity index (χ2v) is 4.31. The minimum atomic E-state index is -0.350. The molecule has 16 heavy (non-hydrogen) atoms. The zero-order chi connectivity index (χ0) is 11.5. The molecule has 0 aromatic heterocycles. The van der Waals surface area contributed by atoms with Crippen LogP contribution in [0, 0.1) is 0 Å². The number of esters is 1. The van der Waals surface area contributed by atoms with Crippen molar-refractivity contribution >= 4 is 23.1 Å². The van der Waals surface area contributed by atoms with E-state index in [1.165, 1.54) is 18.7 Å². The fourth-order valence-electron chi connectivity index (χ4n) is 1.98. The molecule has 3 heteroatoms. The van der Waals surface area contributed by atoms with Crippen LogP contribution in [-0.2, 0) is 16.0 Å². The topological polar surface area (TPSA) is 26.3 Å². The summed E-state index contributed by atoms with van der Waals surface area (Å²) in [5.41, 5.74) is 3.18. The van der Waals surface area contributed by atoms with Gasteiger partial charge in [0.2, 0.25) is 0 Å². The number of hydrogen-bond acceptors (Lipinski definition) is 2. The first kappa shape index (κ1) is 11.2. The molecule has 1 unspecified atom stereocenters. The van der Waals surface area contributed by atoms with Gasteiger partial charge in [-0.25, -0.2) is 4.79 Å². The van der Waals surface area contributed by atoms with Gasteiger partial charge >= 0.3 is 5.97 Å². The number of fused-ring (bicyclic) bond motifs is 1. The third kappa shape index (κ3) is 2.12. The van der Waals surface area contributed by atoms with Crippen LogP contribution in [0.1, 0.15) is 17.5 Å². The molecule has 0 saturated carbocycles. The van der Waals surface area contributed by atoms with Gasteiger partial charge in [-0.1, -0.05) is 24.3 Å². The molecular weight excluding hydrogens is 224 g/mol. The molecule has 1 aliphatic rings. The van der Waals surface area contributed by atoms with E-state index in [2.05, 4.69) is 10.8 Å². The second-order valence-electron chi connectivity index (χ2n) is 3.79. The Morgan fingerprint density at radius 3 is 3.00 bits per heavy atom. The molecule has 1 aromatic rings. The van der Waals surface area contributed by atoms with Crippen molar-refractivity contribution in [2.45, 2.75) is 18.2 Å². The molecule has 0 fully saturated rings. The molecule has 2 nitrogen and oxygen atoms in total. The van der Waals surface area contributed by atoms with Crippen LogP contribution in [0.5, 0.6) is 0 Å². The predicted octanol–water partition coefficient (Wildman–Crippen LogP) is 2.80. The average Bonchev–Trinajstić information content (AvgIpc) is 2.32. The number of methoxy groups -OCH3 is 1. The summed E-state index contributed by atoms with van der Waals surface area (Å²) in [7, 11) is 1.37. The van der Waals surface area contributed by atoms with E-state index in [4.69, 9.17) is 11.6 Å². The molecule has 2 rings (SSSR count). The average molecular weight is 237 g/mol. The van der Waals surface area contributed by atoms with Gasteiger partial charge in [-0.15, -0.1) is 11.6 Å². The van der Waals surface area contributed by atoms with E-state index in [0.29, 0.717) is 0 Å². The molecular formula is C13H13ClO2. The lowest BCUT2D eigenvalue weighted by molar-refractivity contribution is -0.134. The lowest BCUT2D eigenvalue weighted by Gasteiger charge is -2.23. The van der Waals surface area contributed by atoms with Crippen molar-refractivity contribution in [1.29, 1.82) is 0 Å². The monoisotopic (exact) mass is 236 g/mol. The highest BCUT2D eigenvalue weighted by molar-refractivity contribution is 6.27. The number of carbonyl (C=O) groups is 1. The van der Waals surface area contributed by atoms with E-state index in [9.17, 15) is 4.79 Å². The number of carbonyl (C=O) groups excluding carboxylic acids is 1. The van der Waals surface area contributed by atoms with Crippen molar-refractivity contribution in [3.63, 3.8) is 0 Å². The number of ether oxygens (including phenoxy) is 1. The molecule has 0 bridgehead atoms. The van der Waals surface area contributed by atoms with E-state index < -0.39 is 0 Å². The minimum absolute atomic E-state index is 0.103. The lowest BCUT2D eigenvalue weighted by Crippen LogP contribution is -2.14. The Morgan fingerprint density at radius 2 is 2.25 bits per heavy atom. The molecule has 84 valence electrons. The fourth-order valence-corrected chi connectivity index (χ4v) is 2.27. The van der Waals surface area contributed by atoms with Gasteiger partial charge in [-0.05, 0) is 29.5 Å². The maximum atomic E-state index is 11.3. The Bertz CT molecular complexity index is 437. The molecule has 1 aromatic carbocycles. The highest BCUT2D eigenvalue weighted by Crippen LogP contribution is 2.34. The van der Waals surface area contributed by atoms with Gasteiger partial charge in [0.05, 0.1) is 12.5 Å². The SMILES string of the molecule is COC(=O)/C=C1/c2ccccc2CCC1Cl. The molecule has 0 spiro atoms. The van der Waals surface area contributed by atoms with Crippen LogP contribution in [0.15, 0.2) is 30.3 Å². The summed E-state index contributed by atoms with van der Waals surface area (Å²) >= 11 is 6.24. The smallest absolute Gasteiger partial charge is 0.330 e. The number of alkyl halides is 1. The molecule has 0 N–H and O–H groups in total. The van der Waals surface area contributed by atoms with Crippen molar-refractivity contribution in [1.82, 2.24) is 0 Å². The van der Waals surface area contributed by atoms with Crippen LogP contribution in [0.25, 0.3) is 5.57 Å². The van der Waals surface area contributed by atoms with Crippen molar-refractivity contribution in [2.24, 2.45) is 0 Å². The van der Waals surface area contributed by atoms with E-state index in [1.807, 2.05) is 18.2 Å². The van der Waals surface area contributed by atoms with Crippen LogP contribution in [-0.4, -0.2) is 18.5 Å². The van der Waals surface area contributed by atoms with Crippen LogP contribution in [0.3, 0.4) is 0 Å². The largest absolute Gasteiger partial charge is 0.466 e. The maximum Gasteiger partial charge on any atom is 0.330 e. The van der Waals surface area contributed by atoms with Gasteiger partial charge in [-0.2, -0.15) is 0 Å².